The summed E-state index contributed by atoms with van der Waals surface area (Å²) in [7, 11) is 0. The number of unbranched alkanes of at least 4 members (excludes halogenated alkanes) is 16. The van der Waals surface area contributed by atoms with Crippen LogP contribution in [-0.2, 0) is 19.1 Å². The van der Waals surface area contributed by atoms with E-state index in [1.807, 2.05) is 4.90 Å². The predicted molar refractivity (Wildman–Crippen MR) is 202 cm³/mol. The van der Waals surface area contributed by atoms with Gasteiger partial charge in [0.1, 0.15) is 12.2 Å². The van der Waals surface area contributed by atoms with Crippen molar-refractivity contribution in [3.8, 4) is 0 Å². The van der Waals surface area contributed by atoms with Gasteiger partial charge in [-0.05, 0) is 77.4 Å². The topological polar surface area (TPSA) is 59.1 Å². The minimum absolute atomic E-state index is 0.0139. The Morgan fingerprint density at radius 1 is 0.404 bits per heavy atom. The fourth-order valence-corrected chi connectivity index (χ4v) is 6.51. The summed E-state index contributed by atoms with van der Waals surface area (Å²) in [5, 5.41) is 0. The van der Waals surface area contributed by atoms with Gasteiger partial charge in [-0.15, -0.1) is 0 Å². The molecule has 0 aromatic heterocycles. The molecule has 0 aromatic rings. The second kappa shape index (κ2) is 34.7. The van der Waals surface area contributed by atoms with Gasteiger partial charge >= 0.3 is 11.9 Å². The summed E-state index contributed by atoms with van der Waals surface area (Å²) in [6.07, 6.45) is 29.1. The van der Waals surface area contributed by atoms with Crippen molar-refractivity contribution in [2.75, 3.05) is 39.3 Å². The normalized spacial score (nSPS) is 11.8. The first-order valence-corrected chi connectivity index (χ1v) is 20.8. The summed E-state index contributed by atoms with van der Waals surface area (Å²) >= 11 is 0. The fraction of sp³-hybridized carbons (Fsp3) is 0.951. The van der Waals surface area contributed by atoms with Crippen LogP contribution in [0.4, 0.5) is 0 Å². The molecule has 0 aromatic carbocycles. The highest BCUT2D eigenvalue weighted by Crippen LogP contribution is 2.19. The van der Waals surface area contributed by atoms with Crippen LogP contribution in [0.3, 0.4) is 0 Å². The molecule has 0 aliphatic rings. The smallest absolute Gasteiger partial charge is 0.320 e. The van der Waals surface area contributed by atoms with Crippen LogP contribution in [0.25, 0.3) is 0 Å². The van der Waals surface area contributed by atoms with Gasteiger partial charge in [0.15, 0.2) is 0 Å². The summed E-state index contributed by atoms with van der Waals surface area (Å²) in [5.41, 5.74) is 0. The van der Waals surface area contributed by atoms with E-state index in [4.69, 9.17) is 9.47 Å². The molecule has 280 valence electrons. The lowest BCUT2D eigenvalue weighted by Gasteiger charge is -2.26. The van der Waals surface area contributed by atoms with Crippen LogP contribution in [0.2, 0.25) is 0 Å². The van der Waals surface area contributed by atoms with Crippen molar-refractivity contribution in [1.29, 1.82) is 0 Å². The zero-order valence-electron chi connectivity index (χ0n) is 32.6. The van der Waals surface area contributed by atoms with E-state index in [2.05, 4.69) is 46.4 Å². The van der Waals surface area contributed by atoms with Crippen LogP contribution in [0.1, 0.15) is 202 Å². The van der Waals surface area contributed by atoms with Gasteiger partial charge in [0, 0.05) is 6.54 Å². The van der Waals surface area contributed by atoms with Crippen LogP contribution < -0.4 is 0 Å². The average Bonchev–Trinajstić information content (AvgIpc) is 3.05. The largest absolute Gasteiger partial charge is 0.461 e. The van der Waals surface area contributed by atoms with Crippen molar-refractivity contribution >= 4 is 11.9 Å². The van der Waals surface area contributed by atoms with Crippen molar-refractivity contribution in [2.45, 2.75) is 214 Å². The van der Waals surface area contributed by atoms with Crippen molar-refractivity contribution in [3.05, 3.63) is 0 Å². The quantitative estimate of drug-likeness (QED) is 0.0490. The van der Waals surface area contributed by atoms with Crippen molar-refractivity contribution in [1.82, 2.24) is 9.80 Å². The maximum Gasteiger partial charge on any atom is 0.320 e. The zero-order valence-corrected chi connectivity index (χ0v) is 32.6. The molecule has 0 heterocycles. The molecule has 6 nitrogen and oxygen atoms in total. The lowest BCUT2D eigenvalue weighted by molar-refractivity contribution is -0.155. The molecule has 0 fully saturated rings. The SMILES string of the molecule is CCCCCCCC(CCCCCCC)OC(=O)CN(CCCN(CC)CC)CC(=O)OC(CCCCCCC)CCCCCCC. The molecule has 0 amide bonds. The van der Waals surface area contributed by atoms with Gasteiger partial charge in [0.05, 0.1) is 13.1 Å². The van der Waals surface area contributed by atoms with Crippen molar-refractivity contribution < 1.29 is 19.1 Å². The number of esters is 2. The lowest BCUT2D eigenvalue weighted by Crippen LogP contribution is -2.39. The van der Waals surface area contributed by atoms with Crippen LogP contribution in [-0.4, -0.2) is 73.2 Å². The molecular weight excluding hydrogens is 584 g/mol. The minimum atomic E-state index is -0.184. The molecule has 47 heavy (non-hydrogen) atoms. The van der Waals surface area contributed by atoms with Gasteiger partial charge in [-0.2, -0.15) is 0 Å². The highest BCUT2D eigenvalue weighted by atomic mass is 16.5. The fourth-order valence-electron chi connectivity index (χ4n) is 6.51. The zero-order chi connectivity index (χ0) is 34.8. The average molecular weight is 667 g/mol. The van der Waals surface area contributed by atoms with E-state index >= 15 is 0 Å². The third-order valence-corrected chi connectivity index (χ3v) is 9.66. The Morgan fingerprint density at radius 3 is 1.00 bits per heavy atom. The standard InChI is InChI=1S/C41H82N2O4/c1-7-13-17-21-25-30-38(31-26-22-18-14-8-2)46-40(44)36-43(35-29-34-42(11-5)12-6)37-41(45)47-39(32-27-23-19-15-9-3)33-28-24-20-16-10-4/h38-39H,7-37H2,1-6H3. The van der Waals surface area contributed by atoms with E-state index < -0.39 is 0 Å². The molecular formula is C41H82N2O4. The number of rotatable bonds is 36. The summed E-state index contributed by atoms with van der Waals surface area (Å²) in [6, 6.07) is 0. The lowest BCUT2D eigenvalue weighted by atomic mass is 10.0. The Kier molecular flexibility index (Phi) is 33.9. The molecule has 0 rings (SSSR count). The van der Waals surface area contributed by atoms with Crippen LogP contribution in [0, 0.1) is 0 Å². The first-order chi connectivity index (χ1) is 22.9. The summed E-state index contributed by atoms with van der Waals surface area (Å²) < 4.78 is 12.3. The van der Waals surface area contributed by atoms with E-state index in [-0.39, 0.29) is 37.2 Å². The number of nitrogens with zero attached hydrogens (tertiary/aromatic N) is 2. The first kappa shape index (κ1) is 45.9. The van der Waals surface area contributed by atoms with Crippen molar-refractivity contribution in [2.24, 2.45) is 0 Å². The summed E-state index contributed by atoms with van der Waals surface area (Å²) in [5.74, 6) is -0.368. The molecule has 0 spiro atoms. The van der Waals surface area contributed by atoms with E-state index in [0.717, 1.165) is 77.4 Å². The number of carbonyl (C=O) groups is 2. The molecule has 0 aliphatic heterocycles. The van der Waals surface area contributed by atoms with Crippen LogP contribution in [0.15, 0.2) is 0 Å². The van der Waals surface area contributed by atoms with E-state index in [1.165, 1.54) is 103 Å². The molecule has 0 unspecified atom stereocenters. The number of hydrogen-bond acceptors (Lipinski definition) is 6. The Labute approximate surface area is 293 Å². The van der Waals surface area contributed by atoms with Gasteiger partial charge in [0.2, 0.25) is 0 Å². The maximum absolute atomic E-state index is 13.4. The molecule has 6 heteroatoms. The van der Waals surface area contributed by atoms with Gasteiger partial charge < -0.3 is 14.4 Å². The Hall–Kier alpha value is -1.14. The third kappa shape index (κ3) is 29.5. The van der Waals surface area contributed by atoms with Gasteiger partial charge in [-0.25, -0.2) is 0 Å². The van der Waals surface area contributed by atoms with Gasteiger partial charge in [0.25, 0.3) is 0 Å². The second-order valence-corrected chi connectivity index (χ2v) is 14.1. The Balaban J connectivity index is 5.33. The van der Waals surface area contributed by atoms with Gasteiger partial charge in [-0.3, -0.25) is 14.5 Å². The summed E-state index contributed by atoms with van der Waals surface area (Å²) in [4.78, 5) is 31.1. The number of carbonyl (C=O) groups excluding carboxylic acids is 2. The molecule has 0 aliphatic carbocycles. The third-order valence-electron chi connectivity index (χ3n) is 9.66. The van der Waals surface area contributed by atoms with E-state index in [9.17, 15) is 9.59 Å². The molecule has 0 saturated carbocycles. The molecule has 0 saturated heterocycles. The molecule has 0 N–H and O–H groups in total. The van der Waals surface area contributed by atoms with E-state index in [0.29, 0.717) is 6.54 Å². The molecule has 0 atom stereocenters. The maximum atomic E-state index is 13.4. The Bertz CT molecular complexity index is 608. The molecule has 0 bridgehead atoms. The van der Waals surface area contributed by atoms with Crippen molar-refractivity contribution in [3.63, 3.8) is 0 Å². The minimum Gasteiger partial charge on any atom is -0.461 e. The number of ether oxygens (including phenoxy) is 2. The predicted octanol–water partition coefficient (Wildman–Crippen LogP) is 11.3. The number of hydrogen-bond donors (Lipinski definition) is 0. The van der Waals surface area contributed by atoms with Gasteiger partial charge in [-0.1, -0.05) is 144 Å². The summed E-state index contributed by atoms with van der Waals surface area (Å²) in [6.45, 7) is 17.3. The first-order valence-electron chi connectivity index (χ1n) is 20.8. The van der Waals surface area contributed by atoms with Crippen LogP contribution in [0.5, 0.6) is 0 Å². The highest BCUT2D eigenvalue weighted by Gasteiger charge is 2.22. The Morgan fingerprint density at radius 2 is 0.702 bits per heavy atom. The van der Waals surface area contributed by atoms with Crippen LogP contribution >= 0.6 is 0 Å². The second-order valence-electron chi connectivity index (χ2n) is 14.1. The monoisotopic (exact) mass is 667 g/mol. The molecule has 0 radical (unpaired) electrons. The van der Waals surface area contributed by atoms with E-state index in [1.54, 1.807) is 0 Å². The highest BCUT2D eigenvalue weighted by molar-refractivity contribution is 5.75.